The highest BCUT2D eigenvalue weighted by atomic mass is 32.2. The van der Waals surface area contributed by atoms with Crippen LogP contribution in [-0.2, 0) is 9.84 Å². The molecule has 22 heavy (non-hydrogen) atoms. The summed E-state index contributed by atoms with van der Waals surface area (Å²) in [6, 6.07) is 6.33. The van der Waals surface area contributed by atoms with Gasteiger partial charge in [-0.05, 0) is 45.7 Å². The normalized spacial score (nSPS) is 18.3. The summed E-state index contributed by atoms with van der Waals surface area (Å²) >= 11 is 0. The lowest BCUT2D eigenvalue weighted by Crippen LogP contribution is -2.33. The summed E-state index contributed by atoms with van der Waals surface area (Å²) in [6.07, 6.45) is 7.52. The molecule has 0 spiro atoms. The van der Waals surface area contributed by atoms with E-state index in [-0.39, 0.29) is 4.91 Å². The van der Waals surface area contributed by atoms with E-state index in [4.69, 9.17) is 0 Å². The molecule has 0 aromatic carbocycles. The van der Waals surface area contributed by atoms with Crippen LogP contribution in [-0.4, -0.2) is 35.7 Å². The van der Waals surface area contributed by atoms with Gasteiger partial charge in [-0.3, -0.25) is 0 Å². The predicted molar refractivity (Wildman–Crippen MR) is 86.6 cm³/mol. The highest BCUT2D eigenvalue weighted by Crippen LogP contribution is 2.26. The largest absolute Gasteiger partial charge is 0.376 e. The van der Waals surface area contributed by atoms with E-state index in [1.165, 1.54) is 6.20 Å². The summed E-state index contributed by atoms with van der Waals surface area (Å²) in [5.41, 5.74) is 0. The molecule has 1 aromatic heterocycles. The fraction of sp³-hybridized carbons (Fsp3) is 0.562. The number of piperidine rings is 1. The molecule has 0 atom stereocenters. The van der Waals surface area contributed by atoms with Crippen molar-refractivity contribution in [2.75, 3.05) is 13.1 Å². The second kappa shape index (κ2) is 6.17. The summed E-state index contributed by atoms with van der Waals surface area (Å²) in [6.45, 7) is 6.37. The van der Waals surface area contributed by atoms with E-state index in [0.717, 1.165) is 25.9 Å². The van der Waals surface area contributed by atoms with E-state index >= 15 is 0 Å². The maximum absolute atomic E-state index is 12.4. The number of sulfone groups is 1. The van der Waals surface area contributed by atoms with Gasteiger partial charge in [-0.15, -0.1) is 0 Å². The number of likely N-dealkylation sites (tertiary alicyclic amines) is 1. The molecule has 0 N–H and O–H groups in total. The molecule has 2 heterocycles. The van der Waals surface area contributed by atoms with Gasteiger partial charge in [-0.25, -0.2) is 8.42 Å². The second-order valence-corrected chi connectivity index (χ2v) is 9.29. The molecule has 0 radical (unpaired) electrons. The SMILES string of the molecule is CC(C)(C)S(=O)(=O)C(C#N)=CN1CCC(n2cccc2)CC1. The number of hydrogen-bond acceptors (Lipinski definition) is 4. The van der Waals surface area contributed by atoms with Crippen molar-refractivity contribution in [3.8, 4) is 6.07 Å². The molecule has 0 bridgehead atoms. The van der Waals surface area contributed by atoms with Gasteiger partial charge >= 0.3 is 0 Å². The summed E-state index contributed by atoms with van der Waals surface area (Å²) < 4.78 is 26.0. The number of aromatic nitrogens is 1. The number of nitriles is 1. The minimum Gasteiger partial charge on any atom is -0.376 e. The Morgan fingerprint density at radius 1 is 1.23 bits per heavy atom. The molecule has 5 nitrogen and oxygen atoms in total. The van der Waals surface area contributed by atoms with Crippen molar-refractivity contribution >= 4 is 9.84 Å². The zero-order chi connectivity index (χ0) is 16.4. The Kier molecular flexibility index (Phi) is 4.66. The van der Waals surface area contributed by atoms with Gasteiger partial charge in [0.15, 0.2) is 14.7 Å². The third kappa shape index (κ3) is 3.36. The summed E-state index contributed by atoms with van der Waals surface area (Å²) in [5.74, 6) is 0. The van der Waals surface area contributed by atoms with E-state index in [0.29, 0.717) is 6.04 Å². The van der Waals surface area contributed by atoms with Gasteiger partial charge in [-0.1, -0.05) is 0 Å². The van der Waals surface area contributed by atoms with Gasteiger partial charge in [0.2, 0.25) is 0 Å². The van der Waals surface area contributed by atoms with Crippen LogP contribution in [0.4, 0.5) is 0 Å². The minimum absolute atomic E-state index is 0.139. The van der Waals surface area contributed by atoms with E-state index in [1.807, 2.05) is 23.1 Å². The average molecular weight is 321 g/mol. The first-order valence-corrected chi connectivity index (χ1v) is 8.97. The van der Waals surface area contributed by atoms with Crippen LogP contribution in [0.2, 0.25) is 0 Å². The average Bonchev–Trinajstić information content (AvgIpc) is 2.98. The third-order valence-corrected chi connectivity index (χ3v) is 6.44. The molecular weight excluding hydrogens is 298 g/mol. The molecule has 1 saturated heterocycles. The maximum atomic E-state index is 12.4. The first-order chi connectivity index (χ1) is 10.3. The Labute approximate surface area is 132 Å². The molecule has 1 fully saturated rings. The Morgan fingerprint density at radius 2 is 1.77 bits per heavy atom. The lowest BCUT2D eigenvalue weighted by atomic mass is 10.1. The second-order valence-electron chi connectivity index (χ2n) is 6.62. The molecule has 0 saturated carbocycles. The Morgan fingerprint density at radius 3 is 2.23 bits per heavy atom. The fourth-order valence-corrected chi connectivity index (χ4v) is 3.63. The molecule has 0 amide bonds. The quantitative estimate of drug-likeness (QED) is 0.803. The van der Waals surface area contributed by atoms with Crippen LogP contribution in [0.1, 0.15) is 39.7 Å². The molecule has 0 aliphatic carbocycles. The van der Waals surface area contributed by atoms with Crippen molar-refractivity contribution in [2.45, 2.75) is 44.4 Å². The van der Waals surface area contributed by atoms with Gasteiger partial charge < -0.3 is 9.47 Å². The molecule has 120 valence electrons. The maximum Gasteiger partial charge on any atom is 0.194 e. The summed E-state index contributed by atoms with van der Waals surface area (Å²) in [7, 11) is -3.59. The first kappa shape index (κ1) is 16.6. The van der Waals surface area contributed by atoms with Gasteiger partial charge in [0.05, 0.1) is 4.75 Å². The minimum atomic E-state index is -3.59. The molecule has 1 aromatic rings. The number of allylic oxidation sites excluding steroid dienone is 1. The van der Waals surface area contributed by atoms with E-state index in [1.54, 1.807) is 20.8 Å². The third-order valence-electron chi connectivity index (χ3n) is 4.05. The monoisotopic (exact) mass is 321 g/mol. The predicted octanol–water partition coefficient (Wildman–Crippen LogP) is 2.70. The molecule has 1 aliphatic rings. The van der Waals surface area contributed by atoms with Crippen molar-refractivity contribution in [3.05, 3.63) is 35.6 Å². The van der Waals surface area contributed by atoms with Crippen LogP contribution < -0.4 is 0 Å². The fourth-order valence-electron chi connectivity index (χ4n) is 2.56. The van der Waals surface area contributed by atoms with Crippen LogP contribution >= 0.6 is 0 Å². The zero-order valence-corrected chi connectivity index (χ0v) is 14.2. The molecule has 6 heteroatoms. The Bertz CT molecular complexity index is 668. The van der Waals surface area contributed by atoms with E-state index < -0.39 is 14.6 Å². The number of hydrogen-bond donors (Lipinski definition) is 0. The molecule has 2 rings (SSSR count). The highest BCUT2D eigenvalue weighted by Gasteiger charge is 2.34. The van der Waals surface area contributed by atoms with Crippen LogP contribution in [0.3, 0.4) is 0 Å². The van der Waals surface area contributed by atoms with Gasteiger partial charge in [-0.2, -0.15) is 5.26 Å². The van der Waals surface area contributed by atoms with Crippen molar-refractivity contribution in [1.82, 2.24) is 9.47 Å². The van der Waals surface area contributed by atoms with Crippen LogP contribution in [0.25, 0.3) is 0 Å². The van der Waals surface area contributed by atoms with Gasteiger partial charge in [0, 0.05) is 37.7 Å². The topological polar surface area (TPSA) is 66.1 Å². The van der Waals surface area contributed by atoms with Gasteiger partial charge in [0.25, 0.3) is 0 Å². The standard InChI is InChI=1S/C16H23N3O2S/c1-16(2,3)22(20,21)15(12-17)13-18-10-6-14(7-11-18)19-8-4-5-9-19/h4-5,8-9,13-14H,6-7,10-11H2,1-3H3. The van der Waals surface area contributed by atoms with Crippen molar-refractivity contribution in [3.63, 3.8) is 0 Å². The van der Waals surface area contributed by atoms with E-state index in [9.17, 15) is 13.7 Å². The Hall–Kier alpha value is -1.74. The Balaban J connectivity index is 2.09. The van der Waals surface area contributed by atoms with Crippen molar-refractivity contribution in [1.29, 1.82) is 5.26 Å². The van der Waals surface area contributed by atoms with Gasteiger partial charge in [0.1, 0.15) is 6.07 Å². The molecular formula is C16H23N3O2S. The van der Waals surface area contributed by atoms with Crippen LogP contribution in [0.15, 0.2) is 35.6 Å². The smallest absolute Gasteiger partial charge is 0.194 e. The highest BCUT2D eigenvalue weighted by molar-refractivity contribution is 7.96. The first-order valence-electron chi connectivity index (χ1n) is 7.49. The lowest BCUT2D eigenvalue weighted by molar-refractivity contribution is 0.244. The van der Waals surface area contributed by atoms with Crippen LogP contribution in [0, 0.1) is 11.3 Å². The summed E-state index contributed by atoms with van der Waals surface area (Å²) in [4.78, 5) is 1.81. The summed E-state index contributed by atoms with van der Waals surface area (Å²) in [5, 5.41) is 9.23. The zero-order valence-electron chi connectivity index (χ0n) is 13.4. The number of rotatable bonds is 3. The van der Waals surface area contributed by atoms with Crippen LogP contribution in [0.5, 0.6) is 0 Å². The number of nitrogens with zero attached hydrogens (tertiary/aromatic N) is 3. The van der Waals surface area contributed by atoms with Crippen molar-refractivity contribution in [2.24, 2.45) is 0 Å². The lowest BCUT2D eigenvalue weighted by Gasteiger charge is -2.32. The molecule has 0 unspecified atom stereocenters. The van der Waals surface area contributed by atoms with E-state index in [2.05, 4.69) is 17.0 Å². The van der Waals surface area contributed by atoms with Crippen molar-refractivity contribution < 1.29 is 8.42 Å². The molecule has 1 aliphatic heterocycles.